The lowest BCUT2D eigenvalue weighted by Crippen LogP contribution is -2.41. The fourth-order valence-electron chi connectivity index (χ4n) is 5.31. The van der Waals surface area contributed by atoms with E-state index >= 15 is 0 Å². The van der Waals surface area contributed by atoms with Crippen molar-refractivity contribution in [2.24, 2.45) is 12.8 Å². The number of Topliss-reactive ketones (excluding diaryl/α,β-unsaturated/α-hetero) is 1. The predicted molar refractivity (Wildman–Crippen MR) is 147 cm³/mol. The monoisotopic (exact) mass is 522 g/mol. The van der Waals surface area contributed by atoms with Crippen molar-refractivity contribution in [3.63, 3.8) is 0 Å². The number of ketones is 1. The first-order valence-electron chi connectivity index (χ1n) is 12.2. The van der Waals surface area contributed by atoms with Gasteiger partial charge in [-0.2, -0.15) is 0 Å². The SMILES string of the molecule is COc1c(C(=O)NC2CCC(N)CC2)n(C)c2c1c(=O)n(CC(=O)c1ccccc1)c1ccccc21.Cl. The number of methoxy groups -OCH3 is 1. The molecule has 0 atom stereocenters. The van der Waals surface area contributed by atoms with Crippen molar-refractivity contribution >= 4 is 45.9 Å². The first-order chi connectivity index (χ1) is 17.4. The van der Waals surface area contributed by atoms with Gasteiger partial charge in [-0.15, -0.1) is 12.4 Å². The summed E-state index contributed by atoms with van der Waals surface area (Å²) < 4.78 is 8.88. The maximum absolute atomic E-state index is 13.9. The van der Waals surface area contributed by atoms with Crippen molar-refractivity contribution < 1.29 is 14.3 Å². The van der Waals surface area contributed by atoms with E-state index < -0.39 is 0 Å². The number of hydrogen-bond acceptors (Lipinski definition) is 5. The fraction of sp³-hybridized carbons (Fsp3) is 0.321. The third-order valence-electron chi connectivity index (χ3n) is 7.18. The Bertz CT molecular complexity index is 1520. The van der Waals surface area contributed by atoms with Gasteiger partial charge in [0.15, 0.2) is 17.2 Å². The maximum Gasteiger partial charge on any atom is 0.272 e. The molecule has 1 fully saturated rings. The topological polar surface area (TPSA) is 108 Å². The zero-order valence-corrected chi connectivity index (χ0v) is 21.7. The van der Waals surface area contributed by atoms with E-state index in [1.807, 2.05) is 30.3 Å². The number of para-hydroxylation sites is 1. The summed E-state index contributed by atoms with van der Waals surface area (Å²) >= 11 is 0. The summed E-state index contributed by atoms with van der Waals surface area (Å²) in [5.74, 6) is -0.249. The van der Waals surface area contributed by atoms with E-state index in [9.17, 15) is 14.4 Å². The van der Waals surface area contributed by atoms with Gasteiger partial charge in [0, 0.05) is 30.1 Å². The number of hydrogen-bond donors (Lipinski definition) is 2. The van der Waals surface area contributed by atoms with E-state index in [1.54, 1.807) is 35.9 Å². The second-order valence-corrected chi connectivity index (χ2v) is 9.45. The molecule has 0 radical (unpaired) electrons. The lowest BCUT2D eigenvalue weighted by atomic mass is 9.92. The number of nitrogens with zero attached hydrogens (tertiary/aromatic N) is 2. The number of nitrogens with two attached hydrogens (primary N) is 1. The molecule has 1 aliphatic carbocycles. The number of carbonyl (C=O) groups is 2. The van der Waals surface area contributed by atoms with Crippen LogP contribution in [0.3, 0.4) is 0 Å². The Morgan fingerprint density at radius 1 is 1.03 bits per heavy atom. The normalized spacial score (nSPS) is 17.4. The number of ether oxygens (including phenoxy) is 1. The number of halogens is 1. The average Bonchev–Trinajstić information content (AvgIpc) is 3.20. The highest BCUT2D eigenvalue weighted by molar-refractivity contribution is 6.12. The molecule has 0 spiro atoms. The molecule has 0 saturated heterocycles. The first-order valence-corrected chi connectivity index (χ1v) is 12.2. The van der Waals surface area contributed by atoms with Gasteiger partial charge >= 0.3 is 0 Å². The number of pyridine rings is 1. The van der Waals surface area contributed by atoms with Crippen LogP contribution in [-0.4, -0.2) is 40.0 Å². The summed E-state index contributed by atoms with van der Waals surface area (Å²) in [4.78, 5) is 40.4. The number of aryl methyl sites for hydroxylation is 1. The molecule has 0 unspecified atom stereocenters. The molecule has 1 aliphatic rings. The van der Waals surface area contributed by atoms with Gasteiger partial charge in [-0.1, -0.05) is 48.5 Å². The molecule has 1 saturated carbocycles. The lowest BCUT2D eigenvalue weighted by Gasteiger charge is -2.26. The molecule has 37 heavy (non-hydrogen) atoms. The van der Waals surface area contributed by atoms with Crippen molar-refractivity contribution in [1.29, 1.82) is 0 Å². The van der Waals surface area contributed by atoms with Gasteiger partial charge in [-0.3, -0.25) is 19.0 Å². The highest BCUT2D eigenvalue weighted by Crippen LogP contribution is 2.35. The zero-order valence-electron chi connectivity index (χ0n) is 20.9. The molecule has 5 rings (SSSR count). The standard InChI is InChI=1S/C28H30N4O4.ClH/c1-31-24-20-10-6-7-11-21(20)32(16-22(33)17-8-4-3-5-9-17)28(35)23(24)26(36-2)25(31)27(34)30-19-14-12-18(29)13-15-19;/h3-11,18-19H,12-16,29H2,1-2H3,(H,30,34);1H. The molecule has 8 nitrogen and oxygen atoms in total. The number of fused-ring (bicyclic) bond motifs is 3. The third kappa shape index (κ3) is 4.74. The third-order valence-corrected chi connectivity index (χ3v) is 7.18. The number of amides is 1. The van der Waals surface area contributed by atoms with E-state index in [0.29, 0.717) is 16.6 Å². The van der Waals surface area contributed by atoms with Gasteiger partial charge in [0.2, 0.25) is 0 Å². The first kappa shape index (κ1) is 26.4. The van der Waals surface area contributed by atoms with Crippen LogP contribution >= 0.6 is 12.4 Å². The zero-order chi connectivity index (χ0) is 25.4. The molecular formula is C28H31ClN4O4. The van der Waals surface area contributed by atoms with E-state index in [1.165, 1.54) is 11.7 Å². The maximum atomic E-state index is 13.9. The lowest BCUT2D eigenvalue weighted by molar-refractivity contribution is 0.0913. The van der Waals surface area contributed by atoms with Crippen molar-refractivity contribution in [3.8, 4) is 5.75 Å². The Hall–Kier alpha value is -3.62. The number of benzene rings is 2. The molecule has 1 amide bonds. The van der Waals surface area contributed by atoms with Crippen LogP contribution in [0.2, 0.25) is 0 Å². The van der Waals surface area contributed by atoms with Gasteiger partial charge in [-0.05, 0) is 31.7 Å². The minimum atomic E-state index is -0.372. The summed E-state index contributed by atoms with van der Waals surface area (Å²) in [7, 11) is 3.22. The fourth-order valence-corrected chi connectivity index (χ4v) is 5.31. The van der Waals surface area contributed by atoms with Crippen LogP contribution in [0.1, 0.15) is 46.5 Å². The van der Waals surface area contributed by atoms with Crippen molar-refractivity contribution in [3.05, 3.63) is 76.2 Å². The summed E-state index contributed by atoms with van der Waals surface area (Å²) in [6, 6.07) is 16.5. The van der Waals surface area contributed by atoms with E-state index in [4.69, 9.17) is 10.5 Å². The van der Waals surface area contributed by atoms with Gasteiger partial charge in [0.1, 0.15) is 5.39 Å². The molecule has 9 heteroatoms. The van der Waals surface area contributed by atoms with Crippen LogP contribution in [-0.2, 0) is 13.6 Å². The number of rotatable bonds is 6. The smallest absolute Gasteiger partial charge is 0.272 e. The van der Waals surface area contributed by atoms with Crippen molar-refractivity contribution in [2.75, 3.05) is 7.11 Å². The van der Waals surface area contributed by atoms with E-state index in [0.717, 1.165) is 31.1 Å². The van der Waals surface area contributed by atoms with Gasteiger partial charge in [-0.25, -0.2) is 0 Å². The molecule has 3 N–H and O–H groups in total. The largest absolute Gasteiger partial charge is 0.493 e. The Morgan fingerprint density at radius 2 is 1.68 bits per heavy atom. The number of nitrogens with one attached hydrogen (secondary N) is 1. The Balaban J connectivity index is 0.00000320. The second kappa shape index (κ2) is 10.8. The quantitative estimate of drug-likeness (QED) is 0.374. The Labute approximate surface area is 220 Å². The van der Waals surface area contributed by atoms with Gasteiger partial charge < -0.3 is 20.4 Å². The van der Waals surface area contributed by atoms with Gasteiger partial charge in [0.25, 0.3) is 11.5 Å². The molecule has 194 valence electrons. The van der Waals surface area contributed by atoms with Crippen LogP contribution < -0.4 is 21.3 Å². The Morgan fingerprint density at radius 3 is 2.35 bits per heavy atom. The second-order valence-electron chi connectivity index (χ2n) is 9.45. The van der Waals surface area contributed by atoms with Crippen molar-refractivity contribution in [2.45, 2.75) is 44.3 Å². The summed E-state index contributed by atoms with van der Waals surface area (Å²) in [6.45, 7) is -0.124. The summed E-state index contributed by atoms with van der Waals surface area (Å²) in [5.41, 5.74) is 7.69. The molecule has 2 aromatic carbocycles. The van der Waals surface area contributed by atoms with Crippen LogP contribution in [0.4, 0.5) is 0 Å². The van der Waals surface area contributed by atoms with Crippen LogP contribution in [0, 0.1) is 0 Å². The van der Waals surface area contributed by atoms with Crippen LogP contribution in [0.15, 0.2) is 59.4 Å². The van der Waals surface area contributed by atoms with E-state index in [2.05, 4.69) is 5.32 Å². The number of carbonyl (C=O) groups excluding carboxylic acids is 2. The summed E-state index contributed by atoms with van der Waals surface area (Å²) in [5, 5.41) is 4.16. The summed E-state index contributed by atoms with van der Waals surface area (Å²) in [6.07, 6.45) is 3.36. The minimum absolute atomic E-state index is 0. The van der Waals surface area contributed by atoms with Crippen LogP contribution in [0.25, 0.3) is 21.8 Å². The van der Waals surface area contributed by atoms with Gasteiger partial charge in [0.05, 0.1) is 24.7 Å². The molecule has 2 heterocycles. The molecular weight excluding hydrogens is 492 g/mol. The molecule has 0 bridgehead atoms. The molecule has 2 aromatic heterocycles. The highest BCUT2D eigenvalue weighted by Gasteiger charge is 2.29. The van der Waals surface area contributed by atoms with E-state index in [-0.39, 0.29) is 65.1 Å². The van der Waals surface area contributed by atoms with Crippen molar-refractivity contribution in [1.82, 2.24) is 14.5 Å². The molecule has 4 aromatic rings. The predicted octanol–water partition coefficient (Wildman–Crippen LogP) is 3.81. The average molecular weight is 523 g/mol. The number of aromatic nitrogens is 2. The van der Waals surface area contributed by atoms with Crippen LogP contribution in [0.5, 0.6) is 5.75 Å². The Kier molecular flexibility index (Phi) is 7.71. The molecule has 0 aliphatic heterocycles. The highest BCUT2D eigenvalue weighted by atomic mass is 35.5. The minimum Gasteiger partial charge on any atom is -0.493 e.